The molecular formula is C21H27F2N3O2. The Kier molecular flexibility index (Phi) is 6.31. The fraction of sp³-hybridized carbons (Fsp3) is 0.524. The molecule has 1 atom stereocenters. The van der Waals surface area contributed by atoms with Gasteiger partial charge in [-0.2, -0.15) is 0 Å². The minimum absolute atomic E-state index is 0.0443. The molecule has 0 spiro atoms. The number of nitrogens with two attached hydrogens (primary N) is 1. The Hall–Kier alpha value is -2.44. The van der Waals surface area contributed by atoms with Crippen molar-refractivity contribution in [2.45, 2.75) is 57.7 Å². The standard InChI is InChI=1S/C21H27F2N3O2/c1-13-3-6-19-20(26(13)14(2)27)8-7-18(21(19)28-17(9-22)10-23)15(11-24)12-25-16-4-5-16/h7-8,11-13,16-17H,3-6,9-10,24H2,1-2H3. The molecule has 1 aliphatic heterocycles. The smallest absolute Gasteiger partial charge is 0.224 e. The summed E-state index contributed by atoms with van der Waals surface area (Å²) in [6.45, 7) is 1.62. The van der Waals surface area contributed by atoms with Crippen molar-refractivity contribution in [1.29, 1.82) is 0 Å². The normalized spacial score (nSPS) is 20.0. The molecule has 2 aliphatic rings. The Balaban J connectivity index is 2.10. The van der Waals surface area contributed by atoms with E-state index in [4.69, 9.17) is 10.5 Å². The average Bonchev–Trinajstić information content (AvgIpc) is 3.51. The number of anilines is 1. The van der Waals surface area contributed by atoms with Crippen LogP contribution in [0.4, 0.5) is 14.5 Å². The molecule has 1 aromatic rings. The van der Waals surface area contributed by atoms with E-state index in [1.54, 1.807) is 17.2 Å². The first-order valence-corrected chi connectivity index (χ1v) is 9.69. The van der Waals surface area contributed by atoms with Gasteiger partial charge in [-0.1, -0.05) is 0 Å². The van der Waals surface area contributed by atoms with E-state index in [1.807, 2.05) is 13.0 Å². The minimum atomic E-state index is -1.20. The lowest BCUT2D eigenvalue weighted by atomic mass is 9.91. The number of hydrogen-bond donors (Lipinski definition) is 1. The molecule has 0 saturated heterocycles. The number of amides is 1. The van der Waals surface area contributed by atoms with Gasteiger partial charge < -0.3 is 15.4 Å². The number of aliphatic imine (C=N–C) groups is 1. The van der Waals surface area contributed by atoms with Gasteiger partial charge in [0.1, 0.15) is 19.1 Å². The summed E-state index contributed by atoms with van der Waals surface area (Å²) in [5.74, 6) is 0.305. The van der Waals surface area contributed by atoms with Gasteiger partial charge in [0.25, 0.3) is 0 Å². The molecule has 5 nitrogen and oxygen atoms in total. The van der Waals surface area contributed by atoms with E-state index in [9.17, 15) is 13.6 Å². The third-order valence-corrected chi connectivity index (χ3v) is 5.18. The van der Waals surface area contributed by atoms with E-state index in [0.717, 1.165) is 30.5 Å². The predicted molar refractivity (Wildman–Crippen MR) is 107 cm³/mol. The maximum Gasteiger partial charge on any atom is 0.224 e. The van der Waals surface area contributed by atoms with Gasteiger partial charge in [-0.3, -0.25) is 9.79 Å². The number of alkyl halides is 2. The molecule has 1 aliphatic carbocycles. The van der Waals surface area contributed by atoms with Crippen LogP contribution in [0.2, 0.25) is 0 Å². The average molecular weight is 391 g/mol. The van der Waals surface area contributed by atoms with Gasteiger partial charge in [-0.05, 0) is 44.7 Å². The minimum Gasteiger partial charge on any atom is -0.484 e. The van der Waals surface area contributed by atoms with Crippen molar-refractivity contribution in [3.8, 4) is 5.75 Å². The van der Waals surface area contributed by atoms with Crippen molar-refractivity contribution in [3.05, 3.63) is 29.5 Å². The van der Waals surface area contributed by atoms with Crippen molar-refractivity contribution < 1.29 is 18.3 Å². The number of fused-ring (bicyclic) bond motifs is 1. The molecule has 152 valence electrons. The quantitative estimate of drug-likeness (QED) is 0.722. The molecule has 0 bridgehead atoms. The van der Waals surface area contributed by atoms with Crippen LogP contribution in [0.3, 0.4) is 0 Å². The summed E-state index contributed by atoms with van der Waals surface area (Å²) in [5, 5.41) is 0. The van der Waals surface area contributed by atoms with Crippen LogP contribution in [-0.2, 0) is 11.2 Å². The summed E-state index contributed by atoms with van der Waals surface area (Å²) in [4.78, 5) is 18.4. The summed E-state index contributed by atoms with van der Waals surface area (Å²) >= 11 is 0. The first-order valence-electron chi connectivity index (χ1n) is 9.69. The molecule has 1 fully saturated rings. The number of allylic oxidation sites excluding steroid dienone is 1. The summed E-state index contributed by atoms with van der Waals surface area (Å²) in [6.07, 6.45) is 5.41. The summed E-state index contributed by atoms with van der Waals surface area (Å²) in [7, 11) is 0. The number of carbonyl (C=O) groups excluding carboxylic acids is 1. The number of ether oxygens (including phenoxy) is 1. The lowest BCUT2D eigenvalue weighted by molar-refractivity contribution is -0.117. The van der Waals surface area contributed by atoms with Crippen LogP contribution in [0.1, 0.15) is 44.2 Å². The monoisotopic (exact) mass is 391 g/mol. The van der Waals surface area contributed by atoms with Crippen molar-refractivity contribution in [2.24, 2.45) is 10.7 Å². The van der Waals surface area contributed by atoms with Gasteiger partial charge in [0.2, 0.25) is 5.91 Å². The molecule has 1 amide bonds. The van der Waals surface area contributed by atoms with E-state index in [1.165, 1.54) is 13.1 Å². The van der Waals surface area contributed by atoms with E-state index in [0.29, 0.717) is 29.3 Å². The largest absolute Gasteiger partial charge is 0.484 e. The second-order valence-electron chi connectivity index (χ2n) is 7.40. The molecule has 1 saturated carbocycles. The molecular weight excluding hydrogens is 364 g/mol. The lowest BCUT2D eigenvalue weighted by Crippen LogP contribution is -2.41. The second-order valence-corrected chi connectivity index (χ2v) is 7.40. The molecule has 1 heterocycles. The Labute approximate surface area is 164 Å². The van der Waals surface area contributed by atoms with Gasteiger partial charge in [-0.25, -0.2) is 8.78 Å². The zero-order chi connectivity index (χ0) is 20.3. The van der Waals surface area contributed by atoms with Crippen molar-refractivity contribution in [1.82, 2.24) is 0 Å². The first-order chi connectivity index (χ1) is 13.5. The second kappa shape index (κ2) is 8.71. The molecule has 28 heavy (non-hydrogen) atoms. The molecule has 0 radical (unpaired) electrons. The molecule has 3 rings (SSSR count). The van der Waals surface area contributed by atoms with Crippen LogP contribution in [0, 0.1) is 0 Å². The topological polar surface area (TPSA) is 67.9 Å². The molecule has 0 aromatic heterocycles. The Bertz CT molecular complexity index is 786. The number of carbonyl (C=O) groups is 1. The van der Waals surface area contributed by atoms with Crippen LogP contribution in [0.5, 0.6) is 5.75 Å². The van der Waals surface area contributed by atoms with Gasteiger partial charge >= 0.3 is 0 Å². The zero-order valence-corrected chi connectivity index (χ0v) is 16.3. The van der Waals surface area contributed by atoms with Crippen LogP contribution < -0.4 is 15.4 Å². The van der Waals surface area contributed by atoms with E-state index < -0.39 is 19.5 Å². The predicted octanol–water partition coefficient (Wildman–Crippen LogP) is 3.59. The van der Waals surface area contributed by atoms with Crippen LogP contribution in [0.25, 0.3) is 5.57 Å². The van der Waals surface area contributed by atoms with Crippen LogP contribution in [0.15, 0.2) is 23.3 Å². The molecule has 1 unspecified atom stereocenters. The summed E-state index contributed by atoms with van der Waals surface area (Å²) in [5.41, 5.74) is 8.59. The van der Waals surface area contributed by atoms with E-state index in [-0.39, 0.29) is 11.9 Å². The first kappa shape index (κ1) is 20.3. The van der Waals surface area contributed by atoms with Gasteiger partial charge in [0, 0.05) is 42.1 Å². The molecule has 2 N–H and O–H groups in total. The molecule has 7 heteroatoms. The maximum atomic E-state index is 13.2. The number of hydrogen-bond acceptors (Lipinski definition) is 4. The SMILES string of the molecule is CC(=O)N1c2ccc(C(C=NC3CC3)=CN)c(OC(CF)CF)c2CCC1C. The summed E-state index contributed by atoms with van der Waals surface area (Å²) < 4.78 is 32.2. The fourth-order valence-electron chi connectivity index (χ4n) is 3.53. The van der Waals surface area contributed by atoms with Crippen molar-refractivity contribution in [2.75, 3.05) is 18.2 Å². The Morgan fingerprint density at radius 3 is 2.64 bits per heavy atom. The number of halogens is 2. The number of nitrogens with zero attached hydrogens (tertiary/aromatic N) is 2. The highest BCUT2D eigenvalue weighted by Crippen LogP contribution is 2.41. The van der Waals surface area contributed by atoms with Crippen molar-refractivity contribution in [3.63, 3.8) is 0 Å². The maximum absolute atomic E-state index is 13.2. The fourth-order valence-corrected chi connectivity index (χ4v) is 3.53. The third-order valence-electron chi connectivity index (χ3n) is 5.18. The van der Waals surface area contributed by atoms with Gasteiger partial charge in [0.15, 0.2) is 6.10 Å². The summed E-state index contributed by atoms with van der Waals surface area (Å²) in [6, 6.07) is 3.99. The zero-order valence-electron chi connectivity index (χ0n) is 16.3. The van der Waals surface area contributed by atoms with E-state index >= 15 is 0 Å². The van der Waals surface area contributed by atoms with Crippen LogP contribution >= 0.6 is 0 Å². The Morgan fingerprint density at radius 2 is 2.07 bits per heavy atom. The van der Waals surface area contributed by atoms with Gasteiger partial charge in [-0.15, -0.1) is 0 Å². The number of rotatable bonds is 7. The third kappa shape index (κ3) is 4.18. The van der Waals surface area contributed by atoms with Crippen LogP contribution in [-0.4, -0.2) is 43.7 Å². The number of benzene rings is 1. The molecule has 1 aromatic carbocycles. The van der Waals surface area contributed by atoms with Crippen molar-refractivity contribution >= 4 is 23.4 Å². The van der Waals surface area contributed by atoms with Gasteiger partial charge in [0.05, 0.1) is 11.7 Å². The highest BCUT2D eigenvalue weighted by Gasteiger charge is 2.31. The highest BCUT2D eigenvalue weighted by molar-refractivity contribution is 6.11. The lowest BCUT2D eigenvalue weighted by Gasteiger charge is -2.36. The highest BCUT2D eigenvalue weighted by atomic mass is 19.1. The Morgan fingerprint density at radius 1 is 1.36 bits per heavy atom. The van der Waals surface area contributed by atoms with E-state index in [2.05, 4.69) is 4.99 Å².